The van der Waals surface area contributed by atoms with Crippen LogP contribution in [0.2, 0.25) is 0 Å². The van der Waals surface area contributed by atoms with Crippen molar-refractivity contribution in [3.63, 3.8) is 0 Å². The molecule has 0 radical (unpaired) electrons. The highest BCUT2D eigenvalue weighted by molar-refractivity contribution is 7.09. The lowest BCUT2D eigenvalue weighted by atomic mass is 9.91. The summed E-state index contributed by atoms with van der Waals surface area (Å²) in [6.45, 7) is 9.55. The smallest absolute Gasteiger partial charge is 0.234 e. The molecule has 0 aromatic carbocycles. The number of aryl methyl sites for hydroxylation is 1. The van der Waals surface area contributed by atoms with Gasteiger partial charge in [0.1, 0.15) is 11.5 Å². The van der Waals surface area contributed by atoms with Crippen molar-refractivity contribution in [2.45, 2.75) is 59.4 Å². The maximum absolute atomic E-state index is 13.1. The number of carbonyl (C=O) groups is 1. The van der Waals surface area contributed by atoms with Gasteiger partial charge in [0, 0.05) is 31.6 Å². The molecule has 2 aromatic rings. The molecule has 7 nitrogen and oxygen atoms in total. The molecule has 156 valence electrons. The number of hydrogen-bond acceptors (Lipinski definition) is 7. The van der Waals surface area contributed by atoms with E-state index in [2.05, 4.69) is 21.8 Å². The highest BCUT2D eigenvalue weighted by Gasteiger charge is 2.41. The van der Waals surface area contributed by atoms with Gasteiger partial charge in [-0.05, 0) is 40.5 Å². The molecule has 0 bridgehead atoms. The number of nitrogens with zero attached hydrogens (tertiary/aromatic N) is 6. The van der Waals surface area contributed by atoms with Crippen molar-refractivity contribution in [3.8, 4) is 0 Å². The first kappa shape index (κ1) is 20.1. The van der Waals surface area contributed by atoms with Gasteiger partial charge >= 0.3 is 0 Å². The monoisotopic (exact) mass is 414 g/mol. The lowest BCUT2D eigenvalue weighted by Gasteiger charge is -2.34. The van der Waals surface area contributed by atoms with Crippen LogP contribution in [0.3, 0.4) is 0 Å². The van der Waals surface area contributed by atoms with Gasteiger partial charge in [-0.3, -0.25) is 9.69 Å². The number of aromatic nitrogens is 3. The Morgan fingerprint density at radius 2 is 2.00 bits per heavy atom. The van der Waals surface area contributed by atoms with E-state index in [1.165, 1.54) is 12.8 Å². The Labute approximate surface area is 176 Å². The number of fused-ring (bicyclic) bond motifs is 1. The summed E-state index contributed by atoms with van der Waals surface area (Å²) in [4.78, 5) is 33.5. The second-order valence-electron chi connectivity index (χ2n) is 8.66. The molecule has 4 rings (SSSR count). The molecule has 0 unspecified atom stereocenters. The van der Waals surface area contributed by atoms with Crippen molar-refractivity contribution < 1.29 is 4.79 Å². The average molecular weight is 415 g/mol. The summed E-state index contributed by atoms with van der Waals surface area (Å²) in [5.74, 6) is 2.49. The van der Waals surface area contributed by atoms with Crippen LogP contribution >= 0.6 is 11.3 Å². The second kappa shape index (κ2) is 7.55. The van der Waals surface area contributed by atoms with E-state index < -0.39 is 5.41 Å². The number of hydrogen-bond donors (Lipinski definition) is 0. The molecule has 3 heterocycles. The van der Waals surface area contributed by atoms with Crippen molar-refractivity contribution in [1.82, 2.24) is 15.0 Å². The minimum atomic E-state index is -0.478. The summed E-state index contributed by atoms with van der Waals surface area (Å²) in [6.07, 6.45) is 6.57. The van der Waals surface area contributed by atoms with E-state index in [9.17, 15) is 4.79 Å². The molecule has 2 aliphatic rings. The van der Waals surface area contributed by atoms with Crippen molar-refractivity contribution in [1.29, 1.82) is 0 Å². The number of rotatable bonds is 4. The summed E-state index contributed by atoms with van der Waals surface area (Å²) < 4.78 is 0. The molecule has 0 atom stereocenters. The van der Waals surface area contributed by atoms with Crippen LogP contribution in [-0.4, -0.2) is 47.0 Å². The van der Waals surface area contributed by atoms with Gasteiger partial charge in [0.25, 0.3) is 0 Å². The lowest BCUT2D eigenvalue weighted by Crippen LogP contribution is -2.45. The van der Waals surface area contributed by atoms with Gasteiger partial charge in [-0.15, -0.1) is 11.3 Å². The largest absolute Gasteiger partial charge is 0.351 e. The molecule has 2 aromatic heterocycles. The highest BCUT2D eigenvalue weighted by Crippen LogP contribution is 2.40. The fourth-order valence-electron chi connectivity index (χ4n) is 4.47. The highest BCUT2D eigenvalue weighted by atomic mass is 32.1. The zero-order chi connectivity index (χ0) is 20.8. The molecule has 1 aliphatic carbocycles. The first-order valence-electron chi connectivity index (χ1n) is 10.4. The third-order valence-electron chi connectivity index (χ3n) is 6.03. The van der Waals surface area contributed by atoms with Crippen LogP contribution in [0.4, 0.5) is 23.3 Å². The van der Waals surface area contributed by atoms with Crippen LogP contribution in [0.25, 0.3) is 0 Å². The van der Waals surface area contributed by atoms with Crippen LogP contribution < -0.4 is 14.7 Å². The molecule has 0 N–H and O–H groups in total. The van der Waals surface area contributed by atoms with Crippen molar-refractivity contribution in [2.75, 3.05) is 34.8 Å². The molecule has 1 aliphatic heterocycles. The van der Waals surface area contributed by atoms with Gasteiger partial charge in [0.05, 0.1) is 16.6 Å². The summed E-state index contributed by atoms with van der Waals surface area (Å²) in [5, 5.41) is 3.06. The van der Waals surface area contributed by atoms with Gasteiger partial charge in [-0.1, -0.05) is 12.8 Å². The fraction of sp³-hybridized carbons (Fsp3) is 0.619. The Morgan fingerprint density at radius 1 is 1.28 bits per heavy atom. The van der Waals surface area contributed by atoms with Crippen molar-refractivity contribution in [2.24, 2.45) is 5.41 Å². The Bertz CT molecular complexity index is 904. The number of amides is 1. The minimum Gasteiger partial charge on any atom is -0.351 e. The van der Waals surface area contributed by atoms with Crippen LogP contribution in [0.15, 0.2) is 11.6 Å². The van der Waals surface area contributed by atoms with Gasteiger partial charge in [0.2, 0.25) is 11.9 Å². The Kier molecular flexibility index (Phi) is 5.23. The summed E-state index contributed by atoms with van der Waals surface area (Å²) in [5.41, 5.74) is 0.316. The normalized spacial score (nSPS) is 19.4. The number of carbonyl (C=O) groups excluding carboxylic acids is 1. The van der Waals surface area contributed by atoms with Crippen LogP contribution in [0, 0.1) is 12.3 Å². The maximum atomic E-state index is 13.1. The average Bonchev–Trinajstić information content (AvgIpc) is 3.36. The van der Waals surface area contributed by atoms with Crippen molar-refractivity contribution in [3.05, 3.63) is 16.6 Å². The number of anilines is 4. The van der Waals surface area contributed by atoms with Gasteiger partial charge < -0.3 is 9.80 Å². The molecule has 29 heavy (non-hydrogen) atoms. The molecular formula is C21H30N6OS. The van der Waals surface area contributed by atoms with E-state index >= 15 is 0 Å². The van der Waals surface area contributed by atoms with Crippen LogP contribution in [-0.2, 0) is 4.79 Å². The Hall–Kier alpha value is -2.22. The van der Waals surface area contributed by atoms with E-state index in [0.717, 1.165) is 41.7 Å². The lowest BCUT2D eigenvalue weighted by molar-refractivity contribution is -0.125. The predicted molar refractivity (Wildman–Crippen MR) is 118 cm³/mol. The minimum absolute atomic E-state index is 0.109. The quantitative estimate of drug-likeness (QED) is 0.749. The zero-order valence-corrected chi connectivity index (χ0v) is 18.8. The van der Waals surface area contributed by atoms with Gasteiger partial charge in [-0.2, -0.15) is 4.98 Å². The van der Waals surface area contributed by atoms with E-state index in [1.54, 1.807) is 22.4 Å². The van der Waals surface area contributed by atoms with Crippen LogP contribution in [0.1, 0.15) is 51.5 Å². The Morgan fingerprint density at radius 3 is 2.62 bits per heavy atom. The fourth-order valence-corrected chi connectivity index (χ4v) is 5.07. The molecule has 8 heteroatoms. The Balaban J connectivity index is 1.81. The SMILES string of the molecule is CCN(c1csc(C)n1)c1ncc2c(n1)N(C1CCCC1)CC(C)(C)C(=O)N2C. The van der Waals surface area contributed by atoms with Gasteiger partial charge in [-0.25, -0.2) is 9.97 Å². The first-order chi connectivity index (χ1) is 13.8. The molecule has 1 amide bonds. The molecular weight excluding hydrogens is 384 g/mol. The second-order valence-corrected chi connectivity index (χ2v) is 9.72. The van der Waals surface area contributed by atoms with E-state index in [1.807, 2.05) is 38.1 Å². The first-order valence-corrected chi connectivity index (χ1v) is 11.3. The maximum Gasteiger partial charge on any atom is 0.234 e. The summed E-state index contributed by atoms with van der Waals surface area (Å²) in [7, 11) is 1.84. The van der Waals surface area contributed by atoms with Crippen molar-refractivity contribution >= 4 is 40.5 Å². The number of thiazole rings is 1. The van der Waals surface area contributed by atoms with Crippen LogP contribution in [0.5, 0.6) is 0 Å². The predicted octanol–water partition coefficient (Wildman–Crippen LogP) is 4.15. The third kappa shape index (κ3) is 3.58. The summed E-state index contributed by atoms with van der Waals surface area (Å²) >= 11 is 1.62. The molecule has 1 saturated carbocycles. The van der Waals surface area contributed by atoms with Gasteiger partial charge in [0.15, 0.2) is 5.82 Å². The third-order valence-corrected chi connectivity index (χ3v) is 6.79. The molecule has 0 spiro atoms. The molecule has 0 saturated heterocycles. The molecule has 1 fully saturated rings. The van der Waals surface area contributed by atoms with E-state index in [4.69, 9.17) is 4.98 Å². The standard InChI is InChI=1S/C21H30N6OS/c1-6-26(17-12-29-14(2)23-17)20-22-11-16-18(24-20)27(15-9-7-8-10-15)13-21(3,4)19(28)25(16)5/h11-12,15H,6-10,13H2,1-5H3. The topological polar surface area (TPSA) is 65.5 Å². The summed E-state index contributed by atoms with van der Waals surface area (Å²) in [6, 6.07) is 0.423. The van der Waals surface area contributed by atoms with E-state index in [-0.39, 0.29) is 5.91 Å². The zero-order valence-electron chi connectivity index (χ0n) is 18.0. The van der Waals surface area contributed by atoms with E-state index in [0.29, 0.717) is 18.5 Å².